The van der Waals surface area contributed by atoms with Crippen LogP contribution in [0.25, 0.3) is 0 Å². The van der Waals surface area contributed by atoms with Gasteiger partial charge in [0, 0.05) is 5.69 Å². The van der Waals surface area contributed by atoms with Crippen molar-refractivity contribution in [3.63, 3.8) is 0 Å². The van der Waals surface area contributed by atoms with Gasteiger partial charge in [-0.1, -0.05) is 6.07 Å². The molecule has 2 aromatic rings. The van der Waals surface area contributed by atoms with E-state index in [1.54, 1.807) is 19.9 Å². The van der Waals surface area contributed by atoms with Crippen molar-refractivity contribution in [3.05, 3.63) is 51.7 Å². The molecule has 0 aliphatic rings. The Bertz CT molecular complexity index is 807. The van der Waals surface area contributed by atoms with Crippen molar-refractivity contribution in [1.82, 2.24) is 0 Å². The van der Waals surface area contributed by atoms with Crippen LogP contribution in [0.4, 0.5) is 15.8 Å². The van der Waals surface area contributed by atoms with Gasteiger partial charge in [0.15, 0.2) is 0 Å². The van der Waals surface area contributed by atoms with E-state index in [0.717, 1.165) is 11.6 Å². The molecule has 4 nitrogen and oxygen atoms in total. The maximum atomic E-state index is 13.6. The third-order valence-corrected chi connectivity index (χ3v) is 5.04. The van der Waals surface area contributed by atoms with Crippen LogP contribution in [0.3, 0.4) is 0 Å². The van der Waals surface area contributed by atoms with E-state index in [2.05, 4.69) is 20.7 Å². The Hall–Kier alpha value is -1.60. The summed E-state index contributed by atoms with van der Waals surface area (Å²) >= 11 is 3.05. The summed E-state index contributed by atoms with van der Waals surface area (Å²) in [5.74, 6) is -0.540. The van der Waals surface area contributed by atoms with Crippen molar-refractivity contribution in [2.45, 2.75) is 18.7 Å². The number of hydrogen-bond donors (Lipinski definition) is 2. The molecule has 0 heterocycles. The molecule has 0 fully saturated rings. The quantitative estimate of drug-likeness (QED) is 0.808. The number of hydrogen-bond acceptors (Lipinski definition) is 3. The van der Waals surface area contributed by atoms with Gasteiger partial charge in [0.05, 0.1) is 15.1 Å². The normalized spacial score (nSPS) is 11.4. The Labute approximate surface area is 131 Å². The lowest BCUT2D eigenvalue weighted by Gasteiger charge is -2.12. The number of sulfonamides is 1. The number of anilines is 2. The Morgan fingerprint density at radius 1 is 1.14 bits per heavy atom. The van der Waals surface area contributed by atoms with Crippen LogP contribution in [0.2, 0.25) is 0 Å². The molecule has 0 aliphatic heterocycles. The van der Waals surface area contributed by atoms with Crippen LogP contribution in [0.5, 0.6) is 0 Å². The molecule has 2 rings (SSSR count). The second kappa shape index (κ2) is 5.65. The first kappa shape index (κ1) is 15.8. The highest BCUT2D eigenvalue weighted by atomic mass is 79.9. The average molecular weight is 373 g/mol. The molecule has 0 saturated heterocycles. The van der Waals surface area contributed by atoms with Gasteiger partial charge in [0.25, 0.3) is 10.0 Å². The maximum absolute atomic E-state index is 13.6. The highest BCUT2D eigenvalue weighted by Crippen LogP contribution is 2.26. The van der Waals surface area contributed by atoms with Crippen LogP contribution in [0.1, 0.15) is 11.1 Å². The Morgan fingerprint density at radius 3 is 2.43 bits per heavy atom. The Balaban J connectivity index is 2.42. The van der Waals surface area contributed by atoms with Crippen LogP contribution >= 0.6 is 15.9 Å². The van der Waals surface area contributed by atoms with E-state index in [1.165, 1.54) is 18.2 Å². The van der Waals surface area contributed by atoms with Crippen molar-refractivity contribution in [3.8, 4) is 0 Å². The van der Waals surface area contributed by atoms with E-state index in [4.69, 9.17) is 5.73 Å². The van der Waals surface area contributed by atoms with Crippen LogP contribution in [-0.2, 0) is 10.0 Å². The molecule has 0 aromatic heterocycles. The highest BCUT2D eigenvalue weighted by molar-refractivity contribution is 9.10. The highest BCUT2D eigenvalue weighted by Gasteiger charge is 2.17. The fraction of sp³-hybridized carbons (Fsp3) is 0.143. The molecule has 21 heavy (non-hydrogen) atoms. The zero-order valence-corrected chi connectivity index (χ0v) is 13.8. The van der Waals surface area contributed by atoms with E-state index >= 15 is 0 Å². The largest absolute Gasteiger partial charge is 0.398 e. The van der Waals surface area contributed by atoms with Gasteiger partial charge in [0.2, 0.25) is 0 Å². The standard InChI is InChI=1S/C14H14BrFN2O2S/c1-8-3-4-10(6-13(8)17)21(19,20)18-14-7-12(16)11(15)5-9(14)2/h3-7,18H,17H2,1-2H3. The molecule has 112 valence electrons. The van der Waals surface area contributed by atoms with E-state index in [9.17, 15) is 12.8 Å². The first-order valence-corrected chi connectivity index (χ1v) is 8.33. The molecule has 0 bridgehead atoms. The lowest BCUT2D eigenvalue weighted by Crippen LogP contribution is -2.14. The predicted molar refractivity (Wildman–Crippen MR) is 85.2 cm³/mol. The third-order valence-electron chi connectivity index (χ3n) is 3.07. The fourth-order valence-electron chi connectivity index (χ4n) is 1.75. The summed E-state index contributed by atoms with van der Waals surface area (Å²) in [6, 6.07) is 7.10. The number of nitrogens with one attached hydrogen (secondary N) is 1. The van der Waals surface area contributed by atoms with Gasteiger partial charge < -0.3 is 5.73 Å². The third kappa shape index (κ3) is 3.36. The molecule has 0 radical (unpaired) electrons. The van der Waals surface area contributed by atoms with Crippen molar-refractivity contribution < 1.29 is 12.8 Å². The number of nitrogens with two attached hydrogens (primary N) is 1. The summed E-state index contributed by atoms with van der Waals surface area (Å²) in [4.78, 5) is 0.0355. The van der Waals surface area contributed by atoms with Crippen LogP contribution in [0, 0.1) is 19.7 Å². The number of benzene rings is 2. The summed E-state index contributed by atoms with van der Waals surface area (Å²) in [5.41, 5.74) is 7.70. The van der Waals surface area contributed by atoms with Gasteiger partial charge in [0.1, 0.15) is 5.82 Å². The number of nitrogen functional groups attached to an aromatic ring is 1. The van der Waals surface area contributed by atoms with E-state index < -0.39 is 15.8 Å². The van der Waals surface area contributed by atoms with Gasteiger partial charge in [-0.15, -0.1) is 0 Å². The van der Waals surface area contributed by atoms with Crippen molar-refractivity contribution in [2.75, 3.05) is 10.5 Å². The molecule has 2 aromatic carbocycles. The second-order valence-electron chi connectivity index (χ2n) is 4.71. The molecule has 0 saturated carbocycles. The van der Waals surface area contributed by atoms with Crippen molar-refractivity contribution >= 4 is 37.3 Å². The van der Waals surface area contributed by atoms with E-state index in [0.29, 0.717) is 11.3 Å². The lowest BCUT2D eigenvalue weighted by atomic mass is 10.2. The Kier molecular flexibility index (Phi) is 4.25. The molecule has 3 N–H and O–H groups in total. The molecule has 0 spiro atoms. The maximum Gasteiger partial charge on any atom is 0.261 e. The van der Waals surface area contributed by atoms with Gasteiger partial charge in [-0.3, -0.25) is 4.72 Å². The Morgan fingerprint density at radius 2 is 1.81 bits per heavy atom. The van der Waals surface area contributed by atoms with E-state index in [-0.39, 0.29) is 15.1 Å². The second-order valence-corrected chi connectivity index (χ2v) is 7.24. The van der Waals surface area contributed by atoms with Crippen LogP contribution < -0.4 is 10.5 Å². The topological polar surface area (TPSA) is 72.2 Å². The summed E-state index contributed by atoms with van der Waals surface area (Å²) < 4.78 is 40.8. The molecular formula is C14H14BrFN2O2S. The summed E-state index contributed by atoms with van der Waals surface area (Å²) in [5, 5.41) is 0. The molecule has 0 unspecified atom stereocenters. The first-order chi connectivity index (χ1) is 9.70. The summed E-state index contributed by atoms with van der Waals surface area (Å²) in [6.07, 6.45) is 0. The first-order valence-electron chi connectivity index (χ1n) is 6.05. The molecular weight excluding hydrogens is 359 g/mol. The minimum absolute atomic E-state index is 0.0355. The summed E-state index contributed by atoms with van der Waals surface area (Å²) in [6.45, 7) is 3.47. The molecule has 0 amide bonds. The SMILES string of the molecule is Cc1ccc(S(=O)(=O)Nc2cc(F)c(Br)cc2C)cc1N. The number of rotatable bonds is 3. The molecule has 0 aliphatic carbocycles. The fourth-order valence-corrected chi connectivity index (χ4v) is 3.36. The van der Waals surface area contributed by atoms with Crippen LogP contribution in [-0.4, -0.2) is 8.42 Å². The molecule has 0 atom stereocenters. The minimum Gasteiger partial charge on any atom is -0.398 e. The average Bonchev–Trinajstić information content (AvgIpc) is 2.39. The minimum atomic E-state index is -3.82. The zero-order chi connectivity index (χ0) is 15.8. The zero-order valence-electron chi connectivity index (χ0n) is 11.4. The monoisotopic (exact) mass is 372 g/mol. The predicted octanol–water partition coefficient (Wildman–Crippen LogP) is 3.59. The van der Waals surface area contributed by atoms with Gasteiger partial charge >= 0.3 is 0 Å². The van der Waals surface area contributed by atoms with Crippen molar-refractivity contribution in [1.29, 1.82) is 0 Å². The number of aryl methyl sites for hydroxylation is 2. The van der Waals surface area contributed by atoms with Gasteiger partial charge in [-0.2, -0.15) is 0 Å². The molecule has 7 heteroatoms. The van der Waals surface area contributed by atoms with Crippen LogP contribution in [0.15, 0.2) is 39.7 Å². The van der Waals surface area contributed by atoms with E-state index in [1.807, 2.05) is 0 Å². The number of halogens is 2. The van der Waals surface area contributed by atoms with Gasteiger partial charge in [-0.25, -0.2) is 12.8 Å². The smallest absolute Gasteiger partial charge is 0.261 e. The lowest BCUT2D eigenvalue weighted by molar-refractivity contribution is 0.601. The summed E-state index contributed by atoms with van der Waals surface area (Å²) in [7, 11) is -3.82. The van der Waals surface area contributed by atoms with Crippen molar-refractivity contribution in [2.24, 2.45) is 0 Å². The van der Waals surface area contributed by atoms with Gasteiger partial charge in [-0.05, 0) is 65.2 Å².